The molecule has 1 saturated heterocycles. The standard InChI is InChI=1S/C11H24N2.C3H5IO2S/c1-11(2,3)5-6-13-9-7-12(4)8-10-13;4-7-2-1-6-3-5/h5-10H2,1-4H3;3H,1-2H2. The highest BCUT2D eigenvalue weighted by molar-refractivity contribution is 14.2. The van der Waals surface area contributed by atoms with E-state index in [1.807, 2.05) is 0 Å². The number of piperazine rings is 1. The molecule has 20 heavy (non-hydrogen) atoms. The van der Waals surface area contributed by atoms with Gasteiger partial charge in [-0.05, 0) is 46.6 Å². The number of likely N-dealkylation sites (N-methyl/N-ethyl adjacent to an activating group) is 1. The van der Waals surface area contributed by atoms with Crippen LogP contribution in [0.25, 0.3) is 0 Å². The average Bonchev–Trinajstić information content (AvgIpc) is 2.39. The second-order valence-electron chi connectivity index (χ2n) is 6.24. The minimum absolute atomic E-state index is 0.465. The number of hydrogen-bond donors (Lipinski definition) is 0. The highest BCUT2D eigenvalue weighted by Crippen LogP contribution is 2.19. The Hall–Kier alpha value is 0.470. The zero-order valence-corrected chi connectivity index (χ0v) is 16.2. The van der Waals surface area contributed by atoms with Crippen LogP contribution in [0, 0.1) is 5.41 Å². The Kier molecular flexibility index (Phi) is 12.3. The molecule has 4 nitrogen and oxygen atoms in total. The van der Waals surface area contributed by atoms with Gasteiger partial charge in [0.05, 0.1) is 0 Å². The van der Waals surface area contributed by atoms with Crippen LogP contribution in [0.1, 0.15) is 27.2 Å². The summed E-state index contributed by atoms with van der Waals surface area (Å²) in [7, 11) is 3.84. The van der Waals surface area contributed by atoms with Crippen LogP contribution in [-0.4, -0.2) is 68.4 Å². The minimum atomic E-state index is 0.465. The normalized spacial score (nSPS) is 17.2. The number of hydrogen-bond acceptors (Lipinski definition) is 5. The Morgan fingerprint density at radius 3 is 2.30 bits per heavy atom. The fourth-order valence-electron chi connectivity index (χ4n) is 1.69. The molecule has 0 spiro atoms. The Bertz CT molecular complexity index is 242. The van der Waals surface area contributed by atoms with Gasteiger partial charge in [0.2, 0.25) is 0 Å². The van der Waals surface area contributed by atoms with Crippen molar-refractivity contribution in [2.24, 2.45) is 5.41 Å². The molecule has 0 saturated carbocycles. The lowest BCUT2D eigenvalue weighted by molar-refractivity contribution is -0.128. The molecule has 0 N–H and O–H groups in total. The number of nitrogens with zero attached hydrogens (tertiary/aromatic N) is 2. The van der Waals surface area contributed by atoms with E-state index in [1.54, 1.807) is 8.93 Å². The smallest absolute Gasteiger partial charge is 0.293 e. The van der Waals surface area contributed by atoms with Gasteiger partial charge >= 0.3 is 0 Å². The first-order valence-electron chi connectivity index (χ1n) is 7.08. The fourth-order valence-corrected chi connectivity index (χ4v) is 2.39. The molecule has 120 valence electrons. The van der Waals surface area contributed by atoms with Gasteiger partial charge in [0.1, 0.15) is 6.61 Å². The quantitative estimate of drug-likeness (QED) is 0.378. The maximum absolute atomic E-state index is 9.45. The summed E-state index contributed by atoms with van der Waals surface area (Å²) in [6, 6.07) is 0. The molecule has 1 heterocycles. The molecule has 0 aliphatic carbocycles. The molecule has 0 amide bonds. The number of ether oxygens (including phenoxy) is 1. The van der Waals surface area contributed by atoms with Crippen LogP contribution in [0.5, 0.6) is 0 Å². The highest BCUT2D eigenvalue weighted by atomic mass is 127. The van der Waals surface area contributed by atoms with Crippen molar-refractivity contribution in [2.75, 3.05) is 52.1 Å². The van der Waals surface area contributed by atoms with Gasteiger partial charge in [-0.25, -0.2) is 0 Å². The summed E-state index contributed by atoms with van der Waals surface area (Å²) in [5.41, 5.74) is 0.489. The molecular weight excluding hydrogens is 387 g/mol. The van der Waals surface area contributed by atoms with E-state index >= 15 is 0 Å². The van der Waals surface area contributed by atoms with Crippen LogP contribution in [0.3, 0.4) is 0 Å². The molecular formula is C14H29IN2O2S. The molecule has 0 unspecified atom stereocenters. The molecule has 6 heteroatoms. The van der Waals surface area contributed by atoms with Crippen molar-refractivity contribution in [3.05, 3.63) is 0 Å². The molecule has 0 aromatic heterocycles. The van der Waals surface area contributed by atoms with Crippen molar-refractivity contribution in [3.8, 4) is 0 Å². The zero-order valence-electron chi connectivity index (χ0n) is 13.2. The molecule has 0 radical (unpaired) electrons. The SMILES string of the molecule is CN1CCN(CCC(C)(C)C)CC1.O=COCCSI. The van der Waals surface area contributed by atoms with Crippen molar-refractivity contribution < 1.29 is 9.53 Å². The zero-order chi connectivity index (χ0) is 15.4. The molecule has 1 fully saturated rings. The van der Waals surface area contributed by atoms with Gasteiger partial charge < -0.3 is 14.5 Å². The second-order valence-corrected chi connectivity index (χ2v) is 8.73. The number of rotatable bonds is 6. The summed E-state index contributed by atoms with van der Waals surface area (Å²) in [5, 5.41) is 0. The Labute approximate surface area is 140 Å². The first-order valence-corrected chi connectivity index (χ1v) is 10.6. The first kappa shape index (κ1) is 20.5. The van der Waals surface area contributed by atoms with E-state index in [0.717, 1.165) is 5.75 Å². The summed E-state index contributed by atoms with van der Waals surface area (Å²) in [5.74, 6) is 0.874. The lowest BCUT2D eigenvalue weighted by atomic mass is 9.92. The first-order chi connectivity index (χ1) is 9.39. The monoisotopic (exact) mass is 416 g/mol. The van der Waals surface area contributed by atoms with E-state index in [1.165, 1.54) is 39.1 Å². The highest BCUT2D eigenvalue weighted by Gasteiger charge is 2.16. The van der Waals surface area contributed by atoms with Crippen molar-refractivity contribution >= 4 is 36.6 Å². The minimum Gasteiger partial charge on any atom is -0.467 e. The van der Waals surface area contributed by atoms with Crippen LogP contribution >= 0.6 is 30.1 Å². The van der Waals surface area contributed by atoms with Gasteiger partial charge in [0, 0.05) is 31.9 Å². The predicted molar refractivity (Wildman–Crippen MR) is 96.5 cm³/mol. The average molecular weight is 416 g/mol. The van der Waals surface area contributed by atoms with E-state index in [2.05, 4.69) is 63.6 Å². The third-order valence-corrected chi connectivity index (χ3v) is 4.76. The Morgan fingerprint density at radius 2 is 1.85 bits per heavy atom. The third-order valence-electron chi connectivity index (χ3n) is 3.12. The van der Waals surface area contributed by atoms with E-state index in [4.69, 9.17) is 0 Å². The van der Waals surface area contributed by atoms with Crippen LogP contribution in [-0.2, 0) is 9.53 Å². The lowest BCUT2D eigenvalue weighted by Crippen LogP contribution is -2.45. The van der Waals surface area contributed by atoms with Gasteiger partial charge in [-0.2, -0.15) is 0 Å². The molecule has 1 aliphatic heterocycles. The predicted octanol–water partition coefficient (Wildman–Crippen LogP) is 2.91. The maximum Gasteiger partial charge on any atom is 0.293 e. The summed E-state index contributed by atoms with van der Waals surface area (Å²) < 4.78 is 4.37. The van der Waals surface area contributed by atoms with Crippen LogP contribution in [0.15, 0.2) is 0 Å². The van der Waals surface area contributed by atoms with Crippen LogP contribution in [0.4, 0.5) is 0 Å². The second kappa shape index (κ2) is 12.1. The largest absolute Gasteiger partial charge is 0.467 e. The van der Waals surface area contributed by atoms with E-state index in [-0.39, 0.29) is 0 Å². The van der Waals surface area contributed by atoms with E-state index in [9.17, 15) is 4.79 Å². The van der Waals surface area contributed by atoms with Crippen LogP contribution < -0.4 is 0 Å². The molecule has 0 aromatic rings. The number of carbonyl (C=O) groups excluding carboxylic acids is 1. The Balaban J connectivity index is 0.000000441. The van der Waals surface area contributed by atoms with Gasteiger partial charge in [-0.1, -0.05) is 29.7 Å². The Morgan fingerprint density at radius 1 is 1.25 bits per heavy atom. The topological polar surface area (TPSA) is 32.8 Å². The summed E-state index contributed by atoms with van der Waals surface area (Å²) in [6.07, 6.45) is 1.32. The van der Waals surface area contributed by atoms with Gasteiger partial charge in [-0.15, -0.1) is 0 Å². The van der Waals surface area contributed by atoms with E-state index < -0.39 is 0 Å². The summed E-state index contributed by atoms with van der Waals surface area (Å²) >= 11 is 2.15. The molecule has 1 rings (SSSR count). The van der Waals surface area contributed by atoms with Crippen LogP contribution in [0.2, 0.25) is 0 Å². The van der Waals surface area contributed by atoms with E-state index in [0.29, 0.717) is 18.5 Å². The number of carbonyl (C=O) groups is 1. The lowest BCUT2D eigenvalue weighted by Gasteiger charge is -2.33. The number of halogens is 1. The van der Waals surface area contributed by atoms with Crippen molar-refractivity contribution in [3.63, 3.8) is 0 Å². The van der Waals surface area contributed by atoms with Crippen molar-refractivity contribution in [1.82, 2.24) is 9.80 Å². The summed E-state index contributed by atoms with van der Waals surface area (Å²) in [4.78, 5) is 14.4. The molecule has 0 bridgehead atoms. The van der Waals surface area contributed by atoms with Crippen molar-refractivity contribution in [1.29, 1.82) is 0 Å². The van der Waals surface area contributed by atoms with Gasteiger partial charge in [-0.3, -0.25) is 4.79 Å². The molecule has 0 aromatic carbocycles. The summed E-state index contributed by atoms with van der Waals surface area (Å²) in [6.45, 7) is 14.2. The molecule has 0 atom stereocenters. The van der Waals surface area contributed by atoms with Crippen molar-refractivity contribution in [2.45, 2.75) is 27.2 Å². The molecule has 1 aliphatic rings. The van der Waals surface area contributed by atoms with Gasteiger partial charge in [0.25, 0.3) is 6.47 Å². The van der Waals surface area contributed by atoms with Gasteiger partial charge in [0.15, 0.2) is 0 Å². The maximum atomic E-state index is 9.45. The third kappa shape index (κ3) is 13.5. The fraction of sp³-hybridized carbons (Fsp3) is 0.929.